The van der Waals surface area contributed by atoms with Gasteiger partial charge in [-0.15, -0.1) is 0 Å². The van der Waals surface area contributed by atoms with Crippen molar-refractivity contribution in [1.29, 1.82) is 0 Å². The molecule has 1 rings (SSSR count). The second-order valence-electron chi connectivity index (χ2n) is 3.76. The summed E-state index contributed by atoms with van der Waals surface area (Å²) in [6.07, 6.45) is 3.28. The van der Waals surface area contributed by atoms with Crippen LogP contribution in [0.4, 0.5) is 0 Å². The van der Waals surface area contributed by atoms with Crippen molar-refractivity contribution in [2.24, 2.45) is 0 Å². The number of unbranched alkanes of at least 4 members (excludes halogenated alkanes) is 2. The third-order valence-corrected chi connectivity index (χ3v) is 2.32. The molecule has 0 bridgehead atoms. The molecule has 17 heavy (non-hydrogen) atoms. The summed E-state index contributed by atoms with van der Waals surface area (Å²) in [5.74, 6) is -0.885. The predicted molar refractivity (Wildman–Crippen MR) is 63.2 cm³/mol. The van der Waals surface area contributed by atoms with Gasteiger partial charge in [0.1, 0.15) is 5.75 Å². The van der Waals surface area contributed by atoms with E-state index in [-0.39, 0.29) is 11.5 Å². The first-order valence-electron chi connectivity index (χ1n) is 5.67. The summed E-state index contributed by atoms with van der Waals surface area (Å²) in [5, 5.41) is 8.69. The fourth-order valence-corrected chi connectivity index (χ4v) is 1.37. The van der Waals surface area contributed by atoms with Gasteiger partial charge in [0.25, 0.3) is 0 Å². The third-order valence-electron chi connectivity index (χ3n) is 2.32. The first kappa shape index (κ1) is 13.2. The van der Waals surface area contributed by atoms with Gasteiger partial charge < -0.3 is 9.84 Å². The summed E-state index contributed by atoms with van der Waals surface area (Å²) in [6.45, 7) is 2.07. The predicted octanol–water partition coefficient (Wildman–Crippen LogP) is 2.87. The number of benzene rings is 1. The molecule has 1 aromatic rings. The van der Waals surface area contributed by atoms with Crippen molar-refractivity contribution < 1.29 is 19.4 Å². The van der Waals surface area contributed by atoms with Crippen LogP contribution in [0.3, 0.4) is 0 Å². The molecular weight excluding hydrogens is 220 g/mol. The maximum atomic E-state index is 11.4. The van der Waals surface area contributed by atoms with Crippen LogP contribution in [0.2, 0.25) is 0 Å². The smallest absolute Gasteiger partial charge is 0.335 e. The molecule has 1 N–H and O–H groups in total. The Balaban J connectivity index is 2.46. The van der Waals surface area contributed by atoms with E-state index < -0.39 is 5.97 Å². The molecule has 0 radical (unpaired) electrons. The van der Waals surface area contributed by atoms with Crippen molar-refractivity contribution in [3.05, 3.63) is 29.8 Å². The van der Waals surface area contributed by atoms with Crippen molar-refractivity contribution in [3.8, 4) is 5.75 Å². The van der Waals surface area contributed by atoms with E-state index in [1.165, 1.54) is 24.3 Å². The molecule has 0 aliphatic heterocycles. The van der Waals surface area contributed by atoms with Gasteiger partial charge in [0.05, 0.1) is 5.56 Å². The Kier molecular flexibility index (Phi) is 5.20. The summed E-state index contributed by atoms with van der Waals surface area (Å²) in [7, 11) is 0. The number of aromatic carboxylic acids is 1. The molecule has 0 amide bonds. The van der Waals surface area contributed by atoms with Crippen molar-refractivity contribution in [2.75, 3.05) is 0 Å². The first-order chi connectivity index (χ1) is 8.13. The molecule has 0 saturated heterocycles. The zero-order chi connectivity index (χ0) is 12.7. The van der Waals surface area contributed by atoms with Crippen LogP contribution < -0.4 is 4.74 Å². The first-order valence-corrected chi connectivity index (χ1v) is 5.67. The lowest BCUT2D eigenvalue weighted by Crippen LogP contribution is -2.07. The van der Waals surface area contributed by atoms with E-state index in [0.29, 0.717) is 12.2 Å². The molecule has 0 aliphatic rings. The Morgan fingerprint density at radius 2 is 1.82 bits per heavy atom. The lowest BCUT2D eigenvalue weighted by atomic mass is 10.2. The number of rotatable bonds is 6. The molecule has 0 unspecified atom stereocenters. The molecule has 0 atom stereocenters. The molecule has 92 valence electrons. The van der Waals surface area contributed by atoms with Crippen LogP contribution >= 0.6 is 0 Å². The topological polar surface area (TPSA) is 63.6 Å². The lowest BCUT2D eigenvalue weighted by Gasteiger charge is -2.04. The van der Waals surface area contributed by atoms with Crippen LogP contribution in [0, 0.1) is 0 Å². The number of carboxylic acids is 1. The van der Waals surface area contributed by atoms with Crippen LogP contribution in [-0.2, 0) is 4.79 Å². The lowest BCUT2D eigenvalue weighted by molar-refractivity contribution is -0.134. The highest BCUT2D eigenvalue weighted by molar-refractivity contribution is 5.87. The molecule has 0 spiro atoms. The monoisotopic (exact) mass is 236 g/mol. The quantitative estimate of drug-likeness (QED) is 0.468. The highest BCUT2D eigenvalue weighted by atomic mass is 16.5. The van der Waals surface area contributed by atoms with Crippen LogP contribution in [-0.4, -0.2) is 17.0 Å². The SMILES string of the molecule is CCCCCC(=O)Oc1ccc(C(=O)O)cc1. The minimum absolute atomic E-state index is 0.177. The van der Waals surface area contributed by atoms with Gasteiger partial charge >= 0.3 is 11.9 Å². The second kappa shape index (κ2) is 6.68. The summed E-state index contributed by atoms with van der Waals surface area (Å²) < 4.78 is 5.06. The standard InChI is InChI=1S/C13H16O4/c1-2-3-4-5-12(14)17-11-8-6-10(7-9-11)13(15)16/h6-9H,2-5H2,1H3,(H,15,16). The van der Waals surface area contributed by atoms with E-state index in [2.05, 4.69) is 6.92 Å². The van der Waals surface area contributed by atoms with Crippen LogP contribution in [0.25, 0.3) is 0 Å². The van der Waals surface area contributed by atoms with Crippen molar-refractivity contribution >= 4 is 11.9 Å². The van der Waals surface area contributed by atoms with Crippen LogP contribution in [0.1, 0.15) is 43.0 Å². The van der Waals surface area contributed by atoms with E-state index in [1.807, 2.05) is 0 Å². The van der Waals surface area contributed by atoms with Gasteiger partial charge in [0, 0.05) is 6.42 Å². The molecule has 0 aliphatic carbocycles. The van der Waals surface area contributed by atoms with Gasteiger partial charge in [0.15, 0.2) is 0 Å². The number of carboxylic acid groups (broad SMARTS) is 1. The molecule has 0 saturated carbocycles. The molecule has 0 fully saturated rings. The Labute approximate surface area is 100 Å². The van der Waals surface area contributed by atoms with Gasteiger partial charge in [-0.2, -0.15) is 0 Å². The average molecular weight is 236 g/mol. The Morgan fingerprint density at radius 1 is 1.18 bits per heavy atom. The maximum Gasteiger partial charge on any atom is 0.335 e. The van der Waals surface area contributed by atoms with Gasteiger partial charge in [-0.25, -0.2) is 4.79 Å². The number of carbonyl (C=O) groups excluding carboxylic acids is 1. The average Bonchev–Trinajstić information content (AvgIpc) is 2.30. The molecule has 1 aromatic carbocycles. The Hall–Kier alpha value is -1.84. The summed E-state index contributed by atoms with van der Waals surface area (Å²) in [5.41, 5.74) is 0.177. The van der Waals surface area contributed by atoms with Gasteiger partial charge in [0.2, 0.25) is 0 Å². The van der Waals surface area contributed by atoms with E-state index >= 15 is 0 Å². The zero-order valence-electron chi connectivity index (χ0n) is 9.81. The summed E-state index contributed by atoms with van der Waals surface area (Å²) in [4.78, 5) is 22.0. The number of hydrogen-bond acceptors (Lipinski definition) is 3. The number of ether oxygens (including phenoxy) is 1. The van der Waals surface area contributed by atoms with E-state index in [0.717, 1.165) is 19.3 Å². The second-order valence-corrected chi connectivity index (χ2v) is 3.76. The third kappa shape index (κ3) is 4.68. The maximum absolute atomic E-state index is 11.4. The normalized spacial score (nSPS) is 9.94. The van der Waals surface area contributed by atoms with Gasteiger partial charge in [-0.3, -0.25) is 4.79 Å². The molecule has 4 nitrogen and oxygen atoms in total. The van der Waals surface area contributed by atoms with Crippen LogP contribution in [0.15, 0.2) is 24.3 Å². The van der Waals surface area contributed by atoms with E-state index in [9.17, 15) is 9.59 Å². The Morgan fingerprint density at radius 3 is 2.35 bits per heavy atom. The zero-order valence-corrected chi connectivity index (χ0v) is 9.81. The van der Waals surface area contributed by atoms with Crippen molar-refractivity contribution in [2.45, 2.75) is 32.6 Å². The highest BCUT2D eigenvalue weighted by Crippen LogP contribution is 2.13. The fourth-order valence-electron chi connectivity index (χ4n) is 1.37. The minimum Gasteiger partial charge on any atom is -0.478 e. The minimum atomic E-state index is -0.995. The van der Waals surface area contributed by atoms with Gasteiger partial charge in [-0.1, -0.05) is 19.8 Å². The summed E-state index contributed by atoms with van der Waals surface area (Å²) in [6, 6.07) is 5.80. The molecule has 0 aromatic heterocycles. The molecular formula is C13H16O4. The Bertz CT molecular complexity index is 381. The molecule has 4 heteroatoms. The van der Waals surface area contributed by atoms with E-state index in [4.69, 9.17) is 9.84 Å². The number of esters is 1. The number of hydrogen-bond donors (Lipinski definition) is 1. The van der Waals surface area contributed by atoms with Crippen molar-refractivity contribution in [3.63, 3.8) is 0 Å². The van der Waals surface area contributed by atoms with Gasteiger partial charge in [-0.05, 0) is 30.7 Å². The van der Waals surface area contributed by atoms with E-state index in [1.54, 1.807) is 0 Å². The summed E-state index contributed by atoms with van der Waals surface area (Å²) >= 11 is 0. The highest BCUT2D eigenvalue weighted by Gasteiger charge is 2.06. The fraction of sp³-hybridized carbons (Fsp3) is 0.385. The number of carbonyl (C=O) groups is 2. The van der Waals surface area contributed by atoms with Crippen LogP contribution in [0.5, 0.6) is 5.75 Å². The van der Waals surface area contributed by atoms with Crippen molar-refractivity contribution in [1.82, 2.24) is 0 Å². The largest absolute Gasteiger partial charge is 0.478 e. The molecule has 0 heterocycles.